The SMILES string of the molecule is CCc1ccc(Oc2ccncc2CO)c(C(C)(C)C)c1. The van der Waals surface area contributed by atoms with Crippen molar-refractivity contribution in [2.24, 2.45) is 0 Å². The minimum atomic E-state index is -0.0823. The van der Waals surface area contributed by atoms with Crippen molar-refractivity contribution in [3.05, 3.63) is 53.3 Å². The quantitative estimate of drug-likeness (QED) is 0.914. The third-order valence-electron chi connectivity index (χ3n) is 3.51. The van der Waals surface area contributed by atoms with Gasteiger partial charge in [-0.05, 0) is 29.5 Å². The fourth-order valence-electron chi connectivity index (χ4n) is 2.22. The number of hydrogen-bond donors (Lipinski definition) is 1. The first-order chi connectivity index (χ1) is 9.95. The number of aromatic nitrogens is 1. The van der Waals surface area contributed by atoms with Gasteiger partial charge in [-0.2, -0.15) is 0 Å². The first-order valence-electron chi connectivity index (χ1n) is 7.30. The Balaban J connectivity index is 2.44. The van der Waals surface area contributed by atoms with E-state index in [9.17, 15) is 5.11 Å². The number of pyridine rings is 1. The van der Waals surface area contributed by atoms with Crippen molar-refractivity contribution < 1.29 is 9.84 Å². The Morgan fingerprint density at radius 1 is 1.14 bits per heavy atom. The highest BCUT2D eigenvalue weighted by Gasteiger charge is 2.20. The molecule has 1 aromatic heterocycles. The Bertz CT molecular complexity index is 615. The van der Waals surface area contributed by atoms with Gasteiger partial charge < -0.3 is 9.84 Å². The van der Waals surface area contributed by atoms with Crippen LogP contribution in [0.15, 0.2) is 36.7 Å². The Kier molecular flexibility index (Phi) is 4.63. The Morgan fingerprint density at radius 2 is 1.90 bits per heavy atom. The van der Waals surface area contributed by atoms with Crippen LogP contribution >= 0.6 is 0 Å². The molecule has 3 heteroatoms. The molecule has 2 rings (SSSR count). The number of nitrogens with zero attached hydrogens (tertiary/aromatic N) is 1. The van der Waals surface area contributed by atoms with E-state index in [1.54, 1.807) is 18.5 Å². The smallest absolute Gasteiger partial charge is 0.136 e. The molecule has 2 aromatic rings. The fourth-order valence-corrected chi connectivity index (χ4v) is 2.22. The van der Waals surface area contributed by atoms with Gasteiger partial charge in [0.1, 0.15) is 11.5 Å². The zero-order valence-electron chi connectivity index (χ0n) is 13.2. The maximum atomic E-state index is 9.39. The minimum Gasteiger partial charge on any atom is -0.457 e. The number of benzene rings is 1. The first-order valence-corrected chi connectivity index (χ1v) is 7.30. The molecule has 3 nitrogen and oxygen atoms in total. The molecule has 0 spiro atoms. The van der Waals surface area contributed by atoms with Gasteiger partial charge in [0.15, 0.2) is 0 Å². The van der Waals surface area contributed by atoms with Gasteiger partial charge in [0, 0.05) is 23.5 Å². The lowest BCUT2D eigenvalue weighted by atomic mass is 9.85. The molecule has 0 fully saturated rings. The van der Waals surface area contributed by atoms with Gasteiger partial charge in [-0.25, -0.2) is 0 Å². The lowest BCUT2D eigenvalue weighted by molar-refractivity contribution is 0.275. The van der Waals surface area contributed by atoms with Gasteiger partial charge >= 0.3 is 0 Å². The highest BCUT2D eigenvalue weighted by atomic mass is 16.5. The molecule has 0 amide bonds. The lowest BCUT2D eigenvalue weighted by Gasteiger charge is -2.24. The van der Waals surface area contributed by atoms with E-state index in [2.05, 4.69) is 44.8 Å². The van der Waals surface area contributed by atoms with E-state index >= 15 is 0 Å². The second kappa shape index (κ2) is 6.27. The van der Waals surface area contributed by atoms with Crippen molar-refractivity contribution >= 4 is 0 Å². The molecule has 0 unspecified atom stereocenters. The summed E-state index contributed by atoms with van der Waals surface area (Å²) < 4.78 is 6.06. The predicted octanol–water partition coefficient (Wildman–Crippen LogP) is 4.23. The zero-order chi connectivity index (χ0) is 15.5. The molecule has 112 valence electrons. The van der Waals surface area contributed by atoms with Crippen LogP contribution in [0.2, 0.25) is 0 Å². The van der Waals surface area contributed by atoms with Crippen LogP contribution in [0.25, 0.3) is 0 Å². The van der Waals surface area contributed by atoms with Crippen molar-refractivity contribution in [2.75, 3.05) is 0 Å². The van der Waals surface area contributed by atoms with Gasteiger partial charge in [0.25, 0.3) is 0 Å². The van der Waals surface area contributed by atoms with Crippen molar-refractivity contribution in [2.45, 2.75) is 46.1 Å². The van der Waals surface area contributed by atoms with Crippen LogP contribution in [0.5, 0.6) is 11.5 Å². The maximum Gasteiger partial charge on any atom is 0.136 e. The third-order valence-corrected chi connectivity index (χ3v) is 3.51. The van der Waals surface area contributed by atoms with Gasteiger partial charge in [0.05, 0.1) is 6.61 Å². The number of aliphatic hydroxyl groups is 1. The molecule has 21 heavy (non-hydrogen) atoms. The summed E-state index contributed by atoms with van der Waals surface area (Å²) in [5, 5.41) is 9.39. The normalized spacial score (nSPS) is 11.5. The van der Waals surface area contributed by atoms with Gasteiger partial charge in [-0.15, -0.1) is 0 Å². The Hall–Kier alpha value is -1.87. The van der Waals surface area contributed by atoms with E-state index in [-0.39, 0.29) is 12.0 Å². The summed E-state index contributed by atoms with van der Waals surface area (Å²) in [7, 11) is 0. The van der Waals surface area contributed by atoms with Gasteiger partial charge in [-0.1, -0.05) is 39.8 Å². The van der Waals surface area contributed by atoms with Crippen LogP contribution in [-0.2, 0) is 18.4 Å². The summed E-state index contributed by atoms with van der Waals surface area (Å²) in [5.41, 5.74) is 3.15. The number of rotatable bonds is 4. The van der Waals surface area contributed by atoms with E-state index in [0.29, 0.717) is 11.3 Å². The Labute approximate surface area is 126 Å². The monoisotopic (exact) mass is 285 g/mol. The molecule has 0 aliphatic heterocycles. The average Bonchev–Trinajstić information content (AvgIpc) is 2.47. The highest BCUT2D eigenvalue weighted by molar-refractivity contribution is 5.45. The number of aryl methyl sites for hydroxylation is 1. The predicted molar refractivity (Wildman–Crippen MR) is 84.8 cm³/mol. The number of hydrogen-bond acceptors (Lipinski definition) is 3. The summed E-state index contributed by atoms with van der Waals surface area (Å²) in [6, 6.07) is 8.09. The van der Waals surface area contributed by atoms with Crippen LogP contribution < -0.4 is 4.74 Å². The zero-order valence-corrected chi connectivity index (χ0v) is 13.2. The topological polar surface area (TPSA) is 42.4 Å². The molecule has 0 radical (unpaired) electrons. The molecule has 0 bridgehead atoms. The summed E-state index contributed by atoms with van der Waals surface area (Å²) in [6.07, 6.45) is 4.30. The van der Waals surface area contributed by atoms with Crippen molar-refractivity contribution in [3.8, 4) is 11.5 Å². The molecule has 0 atom stereocenters. The number of ether oxygens (including phenoxy) is 1. The average molecular weight is 285 g/mol. The molecule has 0 aliphatic rings. The lowest BCUT2D eigenvalue weighted by Crippen LogP contribution is -2.13. The van der Waals surface area contributed by atoms with E-state index in [1.165, 1.54) is 11.1 Å². The summed E-state index contributed by atoms with van der Waals surface area (Å²) in [6.45, 7) is 8.59. The number of aliphatic hydroxyl groups excluding tert-OH is 1. The largest absolute Gasteiger partial charge is 0.457 e. The molecular formula is C18H23NO2. The van der Waals surface area contributed by atoms with E-state index in [1.807, 2.05) is 6.07 Å². The van der Waals surface area contributed by atoms with Crippen LogP contribution in [0.1, 0.15) is 44.4 Å². The standard InChI is InChI=1S/C18H23NO2/c1-5-13-6-7-17(15(10-13)18(2,3)4)21-16-8-9-19-11-14(16)12-20/h6-11,20H,5,12H2,1-4H3. The van der Waals surface area contributed by atoms with Crippen molar-refractivity contribution in [3.63, 3.8) is 0 Å². The van der Waals surface area contributed by atoms with Crippen molar-refractivity contribution in [1.82, 2.24) is 4.98 Å². The van der Waals surface area contributed by atoms with E-state index < -0.39 is 0 Å². The third kappa shape index (κ3) is 3.61. The minimum absolute atomic E-state index is 0.00702. The summed E-state index contributed by atoms with van der Waals surface area (Å²) in [5.74, 6) is 1.49. The molecule has 0 saturated heterocycles. The van der Waals surface area contributed by atoms with Crippen LogP contribution in [-0.4, -0.2) is 10.1 Å². The van der Waals surface area contributed by atoms with Gasteiger partial charge in [0.2, 0.25) is 0 Å². The molecule has 1 aromatic carbocycles. The van der Waals surface area contributed by atoms with Crippen LogP contribution in [0.3, 0.4) is 0 Å². The molecule has 1 heterocycles. The second-order valence-corrected chi connectivity index (χ2v) is 6.18. The summed E-state index contributed by atoms with van der Waals surface area (Å²) in [4.78, 5) is 4.02. The fraction of sp³-hybridized carbons (Fsp3) is 0.389. The van der Waals surface area contributed by atoms with Gasteiger partial charge in [-0.3, -0.25) is 4.98 Å². The Morgan fingerprint density at radius 3 is 2.52 bits per heavy atom. The molecule has 1 N–H and O–H groups in total. The first kappa shape index (κ1) is 15.5. The summed E-state index contributed by atoms with van der Waals surface area (Å²) >= 11 is 0. The highest BCUT2D eigenvalue weighted by Crippen LogP contribution is 2.35. The van der Waals surface area contributed by atoms with Crippen molar-refractivity contribution in [1.29, 1.82) is 0 Å². The molecule has 0 aliphatic carbocycles. The van der Waals surface area contributed by atoms with Crippen LogP contribution in [0.4, 0.5) is 0 Å². The second-order valence-electron chi connectivity index (χ2n) is 6.18. The van der Waals surface area contributed by atoms with E-state index in [0.717, 1.165) is 12.2 Å². The molecular weight excluding hydrogens is 262 g/mol. The van der Waals surface area contributed by atoms with Crippen LogP contribution in [0, 0.1) is 0 Å². The maximum absolute atomic E-state index is 9.39. The van der Waals surface area contributed by atoms with E-state index in [4.69, 9.17) is 4.74 Å². The molecule has 0 saturated carbocycles.